The van der Waals surface area contributed by atoms with Crippen LogP contribution in [0.5, 0.6) is 0 Å². The molecule has 0 saturated heterocycles. The SMILES string of the molecule is CC(=O)Nc1ccc(S(=O)(=O)N[C@@H](C)C(=O)NCc2ccc(C)c(F)c2)cc1. The largest absolute Gasteiger partial charge is 0.351 e. The lowest BCUT2D eigenvalue weighted by Crippen LogP contribution is -2.44. The number of benzene rings is 2. The second-order valence-corrected chi connectivity index (χ2v) is 8.06. The van der Waals surface area contributed by atoms with Gasteiger partial charge in [-0.25, -0.2) is 12.8 Å². The molecule has 28 heavy (non-hydrogen) atoms. The van der Waals surface area contributed by atoms with Crippen molar-refractivity contribution in [3.63, 3.8) is 0 Å². The van der Waals surface area contributed by atoms with Crippen LogP contribution in [0, 0.1) is 12.7 Å². The van der Waals surface area contributed by atoms with Crippen molar-refractivity contribution in [2.24, 2.45) is 0 Å². The van der Waals surface area contributed by atoms with E-state index in [1.165, 1.54) is 44.2 Å². The molecule has 0 aliphatic rings. The number of hydrogen-bond acceptors (Lipinski definition) is 4. The molecular weight excluding hydrogens is 385 g/mol. The highest BCUT2D eigenvalue weighted by atomic mass is 32.2. The van der Waals surface area contributed by atoms with Gasteiger partial charge in [0.15, 0.2) is 0 Å². The summed E-state index contributed by atoms with van der Waals surface area (Å²) in [6.45, 7) is 4.47. The molecule has 0 saturated carbocycles. The van der Waals surface area contributed by atoms with Gasteiger partial charge in [0.25, 0.3) is 0 Å². The summed E-state index contributed by atoms with van der Waals surface area (Å²) < 4.78 is 40.6. The van der Waals surface area contributed by atoms with Crippen LogP contribution < -0.4 is 15.4 Å². The Bertz CT molecular complexity index is 975. The van der Waals surface area contributed by atoms with Gasteiger partial charge in [0.1, 0.15) is 5.82 Å². The number of nitrogens with one attached hydrogen (secondary N) is 3. The number of carbonyl (C=O) groups excluding carboxylic acids is 2. The van der Waals surface area contributed by atoms with Gasteiger partial charge < -0.3 is 10.6 Å². The summed E-state index contributed by atoms with van der Waals surface area (Å²) in [5.74, 6) is -1.19. The number of rotatable bonds is 7. The normalized spacial score (nSPS) is 12.3. The van der Waals surface area contributed by atoms with Gasteiger partial charge in [0.05, 0.1) is 10.9 Å². The van der Waals surface area contributed by atoms with Crippen molar-refractivity contribution in [2.75, 3.05) is 5.32 Å². The minimum atomic E-state index is -3.93. The lowest BCUT2D eigenvalue weighted by Gasteiger charge is -2.15. The van der Waals surface area contributed by atoms with Crippen LogP contribution >= 0.6 is 0 Å². The van der Waals surface area contributed by atoms with Crippen LogP contribution in [0.15, 0.2) is 47.4 Å². The fourth-order valence-electron chi connectivity index (χ4n) is 2.36. The van der Waals surface area contributed by atoms with Crippen LogP contribution in [-0.4, -0.2) is 26.3 Å². The van der Waals surface area contributed by atoms with Gasteiger partial charge in [-0.1, -0.05) is 12.1 Å². The second-order valence-electron chi connectivity index (χ2n) is 6.35. The maximum absolute atomic E-state index is 13.5. The molecule has 0 aliphatic carbocycles. The first kappa shape index (κ1) is 21.5. The van der Waals surface area contributed by atoms with Crippen LogP contribution in [0.25, 0.3) is 0 Å². The average Bonchev–Trinajstić information content (AvgIpc) is 2.62. The molecule has 2 aromatic carbocycles. The van der Waals surface area contributed by atoms with E-state index in [0.717, 1.165) is 0 Å². The summed E-state index contributed by atoms with van der Waals surface area (Å²) in [4.78, 5) is 23.1. The summed E-state index contributed by atoms with van der Waals surface area (Å²) in [5.41, 5.74) is 1.53. The molecule has 0 radical (unpaired) electrons. The molecule has 2 amide bonds. The van der Waals surface area contributed by atoms with E-state index >= 15 is 0 Å². The fourth-order valence-corrected chi connectivity index (χ4v) is 3.57. The number of amides is 2. The van der Waals surface area contributed by atoms with E-state index in [0.29, 0.717) is 16.8 Å². The predicted molar refractivity (Wildman–Crippen MR) is 104 cm³/mol. The van der Waals surface area contributed by atoms with Gasteiger partial charge >= 0.3 is 0 Å². The van der Waals surface area contributed by atoms with Crippen LogP contribution in [0.2, 0.25) is 0 Å². The summed E-state index contributed by atoms with van der Waals surface area (Å²) in [6.07, 6.45) is 0. The van der Waals surface area contributed by atoms with E-state index in [4.69, 9.17) is 0 Å². The van der Waals surface area contributed by atoms with Gasteiger partial charge in [-0.3, -0.25) is 9.59 Å². The maximum Gasteiger partial charge on any atom is 0.241 e. The zero-order valence-corrected chi connectivity index (χ0v) is 16.6. The van der Waals surface area contributed by atoms with Gasteiger partial charge in [-0.05, 0) is 55.3 Å². The molecule has 0 heterocycles. The Morgan fingerprint density at radius 1 is 1.11 bits per heavy atom. The molecule has 9 heteroatoms. The Morgan fingerprint density at radius 2 is 1.75 bits per heavy atom. The van der Waals surface area contributed by atoms with Gasteiger partial charge in [0, 0.05) is 19.2 Å². The van der Waals surface area contributed by atoms with E-state index in [1.807, 2.05) is 0 Å². The molecule has 1 atom stereocenters. The third kappa shape index (κ3) is 5.86. The number of halogens is 1. The molecule has 0 fully saturated rings. The maximum atomic E-state index is 13.5. The first-order valence-corrected chi connectivity index (χ1v) is 9.99. The zero-order chi connectivity index (χ0) is 20.9. The Balaban J connectivity index is 1.97. The molecule has 7 nitrogen and oxygen atoms in total. The van der Waals surface area contributed by atoms with E-state index in [9.17, 15) is 22.4 Å². The highest BCUT2D eigenvalue weighted by molar-refractivity contribution is 7.89. The second kappa shape index (κ2) is 8.94. The van der Waals surface area contributed by atoms with Crippen molar-refractivity contribution in [2.45, 2.75) is 38.3 Å². The predicted octanol–water partition coefficient (Wildman–Crippen LogP) is 2.08. The van der Waals surface area contributed by atoms with E-state index in [-0.39, 0.29) is 23.2 Å². The van der Waals surface area contributed by atoms with E-state index < -0.39 is 22.0 Å². The van der Waals surface area contributed by atoms with Crippen molar-refractivity contribution in [1.82, 2.24) is 10.0 Å². The zero-order valence-electron chi connectivity index (χ0n) is 15.7. The minimum absolute atomic E-state index is 0.0399. The molecule has 0 bridgehead atoms. The van der Waals surface area contributed by atoms with Crippen molar-refractivity contribution < 1.29 is 22.4 Å². The fraction of sp³-hybridized carbons (Fsp3) is 0.263. The lowest BCUT2D eigenvalue weighted by atomic mass is 10.1. The Morgan fingerprint density at radius 3 is 2.32 bits per heavy atom. The first-order chi connectivity index (χ1) is 13.1. The van der Waals surface area contributed by atoms with Gasteiger partial charge in [-0.15, -0.1) is 0 Å². The highest BCUT2D eigenvalue weighted by Gasteiger charge is 2.22. The molecular formula is C19H22FN3O4S. The third-order valence-electron chi connectivity index (χ3n) is 3.91. The molecule has 0 aromatic heterocycles. The molecule has 0 spiro atoms. The molecule has 2 aromatic rings. The molecule has 0 unspecified atom stereocenters. The minimum Gasteiger partial charge on any atom is -0.351 e. The van der Waals surface area contributed by atoms with Crippen LogP contribution in [0.3, 0.4) is 0 Å². The first-order valence-electron chi connectivity index (χ1n) is 8.51. The summed E-state index contributed by atoms with van der Waals surface area (Å²) >= 11 is 0. The van der Waals surface area contributed by atoms with Crippen LogP contribution in [0.1, 0.15) is 25.0 Å². The summed E-state index contributed by atoms with van der Waals surface area (Å²) in [5, 5.41) is 5.11. The standard InChI is InChI=1S/C19H22FN3O4S/c1-12-4-5-15(10-18(12)20)11-21-19(25)13(2)23-28(26,27)17-8-6-16(7-9-17)22-14(3)24/h4-10,13,23H,11H2,1-3H3,(H,21,25)(H,22,24)/t13-/m0/s1. The van der Waals surface area contributed by atoms with Crippen LogP contribution in [-0.2, 0) is 26.2 Å². The third-order valence-corrected chi connectivity index (χ3v) is 5.47. The Labute approximate surface area is 163 Å². The summed E-state index contributed by atoms with van der Waals surface area (Å²) in [6, 6.07) is 9.13. The average molecular weight is 407 g/mol. The Hall–Kier alpha value is -2.78. The van der Waals surface area contributed by atoms with Crippen molar-refractivity contribution >= 4 is 27.5 Å². The van der Waals surface area contributed by atoms with Gasteiger partial charge in [0.2, 0.25) is 21.8 Å². The van der Waals surface area contributed by atoms with E-state index in [1.54, 1.807) is 19.1 Å². The number of aryl methyl sites for hydroxylation is 1. The lowest BCUT2D eigenvalue weighted by molar-refractivity contribution is -0.122. The monoisotopic (exact) mass is 407 g/mol. The molecule has 150 valence electrons. The molecule has 2 rings (SSSR count). The van der Waals surface area contributed by atoms with Crippen molar-refractivity contribution in [3.8, 4) is 0 Å². The molecule has 3 N–H and O–H groups in total. The smallest absolute Gasteiger partial charge is 0.241 e. The van der Waals surface area contributed by atoms with Crippen LogP contribution in [0.4, 0.5) is 10.1 Å². The number of hydrogen-bond donors (Lipinski definition) is 3. The van der Waals surface area contributed by atoms with E-state index in [2.05, 4.69) is 15.4 Å². The summed E-state index contributed by atoms with van der Waals surface area (Å²) in [7, 11) is -3.93. The number of anilines is 1. The quantitative estimate of drug-likeness (QED) is 0.654. The molecule has 0 aliphatic heterocycles. The highest BCUT2D eigenvalue weighted by Crippen LogP contribution is 2.14. The number of carbonyl (C=O) groups is 2. The number of sulfonamides is 1. The van der Waals surface area contributed by atoms with Crippen molar-refractivity contribution in [1.29, 1.82) is 0 Å². The van der Waals surface area contributed by atoms with Crippen molar-refractivity contribution in [3.05, 3.63) is 59.4 Å². The Kier molecular flexibility index (Phi) is 6.87. The van der Waals surface area contributed by atoms with Gasteiger partial charge in [-0.2, -0.15) is 4.72 Å². The topological polar surface area (TPSA) is 104 Å².